The van der Waals surface area contributed by atoms with Crippen molar-refractivity contribution in [3.8, 4) is 0 Å². The molecule has 1 aromatic rings. The highest BCUT2D eigenvalue weighted by atomic mass is 35.5. The lowest BCUT2D eigenvalue weighted by atomic mass is 10.1. The molecule has 1 N–H and O–H groups in total. The smallest absolute Gasteiger partial charge is 0.251 e. The molecule has 0 heterocycles. The molecule has 1 unspecified atom stereocenters. The molecule has 2 nitrogen and oxygen atoms in total. The Bertz CT molecular complexity index is 337. The van der Waals surface area contributed by atoms with Crippen LogP contribution < -0.4 is 5.32 Å². The number of carbonyl (C=O) groups is 1. The molecule has 0 spiro atoms. The van der Waals surface area contributed by atoms with Crippen molar-refractivity contribution in [1.82, 2.24) is 5.32 Å². The zero-order valence-electron chi connectivity index (χ0n) is 9.17. The Labute approximate surface area is 106 Å². The molecule has 0 saturated heterocycles. The van der Waals surface area contributed by atoms with Crippen molar-refractivity contribution < 1.29 is 4.79 Å². The molecule has 0 aliphatic heterocycles. The van der Waals surface area contributed by atoms with Crippen molar-refractivity contribution in [2.24, 2.45) is 0 Å². The molecule has 88 valence electrons. The first-order chi connectivity index (χ1) is 7.67. The third-order valence-corrected chi connectivity index (χ3v) is 2.86. The van der Waals surface area contributed by atoms with Gasteiger partial charge < -0.3 is 5.32 Å². The number of hydrogen-bond donors (Lipinski definition) is 1. The Morgan fingerprint density at radius 2 is 2.00 bits per heavy atom. The minimum absolute atomic E-state index is 0.0753. The van der Waals surface area contributed by atoms with E-state index in [0.29, 0.717) is 16.5 Å². The summed E-state index contributed by atoms with van der Waals surface area (Å²) in [5, 5.41) is 3.57. The number of halogens is 2. The van der Waals surface area contributed by atoms with Crippen LogP contribution in [-0.4, -0.2) is 17.8 Å². The van der Waals surface area contributed by atoms with Crippen LogP contribution in [0, 0.1) is 0 Å². The van der Waals surface area contributed by atoms with Gasteiger partial charge in [0.05, 0.1) is 0 Å². The molecule has 1 amide bonds. The molecule has 0 bridgehead atoms. The summed E-state index contributed by atoms with van der Waals surface area (Å²) in [6.07, 6.45) is 1.67. The largest absolute Gasteiger partial charge is 0.349 e. The van der Waals surface area contributed by atoms with Gasteiger partial charge in [-0.15, -0.1) is 11.6 Å². The average Bonchev–Trinajstić information content (AvgIpc) is 2.29. The first-order valence-corrected chi connectivity index (χ1v) is 6.21. The van der Waals surface area contributed by atoms with E-state index in [1.165, 1.54) is 0 Å². The highest BCUT2D eigenvalue weighted by Crippen LogP contribution is 2.10. The van der Waals surface area contributed by atoms with Crippen molar-refractivity contribution in [2.45, 2.75) is 25.8 Å². The standard InChI is InChI=1S/C12H15Cl2NO/c1-2-11(7-8-13)15-12(16)9-3-5-10(14)6-4-9/h3-6,11H,2,7-8H2,1H3,(H,15,16). The summed E-state index contributed by atoms with van der Waals surface area (Å²) in [7, 11) is 0. The number of carbonyl (C=O) groups excluding carboxylic acids is 1. The molecule has 16 heavy (non-hydrogen) atoms. The highest BCUT2D eigenvalue weighted by molar-refractivity contribution is 6.30. The molecule has 0 saturated carbocycles. The maximum atomic E-state index is 11.8. The van der Waals surface area contributed by atoms with E-state index in [1.807, 2.05) is 6.92 Å². The van der Waals surface area contributed by atoms with Crippen molar-refractivity contribution >= 4 is 29.1 Å². The zero-order chi connectivity index (χ0) is 12.0. The topological polar surface area (TPSA) is 29.1 Å². The molecule has 0 aromatic heterocycles. The number of hydrogen-bond acceptors (Lipinski definition) is 1. The first kappa shape index (κ1) is 13.3. The number of benzene rings is 1. The van der Waals surface area contributed by atoms with Crippen LogP contribution in [0.15, 0.2) is 24.3 Å². The van der Waals surface area contributed by atoms with Gasteiger partial charge in [-0.05, 0) is 37.1 Å². The second kappa shape index (κ2) is 6.77. The summed E-state index contributed by atoms with van der Waals surface area (Å²) in [4.78, 5) is 11.8. The first-order valence-electron chi connectivity index (χ1n) is 5.29. The van der Waals surface area contributed by atoms with Crippen LogP contribution in [0.4, 0.5) is 0 Å². The summed E-state index contributed by atoms with van der Waals surface area (Å²) < 4.78 is 0. The maximum absolute atomic E-state index is 11.8. The number of nitrogens with one attached hydrogen (secondary N) is 1. The van der Waals surface area contributed by atoms with Gasteiger partial charge in [0.2, 0.25) is 0 Å². The van der Waals surface area contributed by atoms with E-state index < -0.39 is 0 Å². The molecule has 1 atom stereocenters. The Balaban J connectivity index is 2.60. The fourth-order valence-corrected chi connectivity index (χ4v) is 1.77. The van der Waals surface area contributed by atoms with Crippen molar-refractivity contribution in [1.29, 1.82) is 0 Å². The van der Waals surface area contributed by atoms with Crippen molar-refractivity contribution in [3.05, 3.63) is 34.9 Å². The second-order valence-corrected chi connectivity index (χ2v) is 4.38. The van der Waals surface area contributed by atoms with Gasteiger partial charge in [0.25, 0.3) is 5.91 Å². The molecule has 1 aromatic carbocycles. The van der Waals surface area contributed by atoms with Gasteiger partial charge in [0.15, 0.2) is 0 Å². The van der Waals surface area contributed by atoms with Crippen LogP contribution in [0.25, 0.3) is 0 Å². The van der Waals surface area contributed by atoms with Gasteiger partial charge in [-0.2, -0.15) is 0 Å². The fraction of sp³-hybridized carbons (Fsp3) is 0.417. The summed E-state index contributed by atoms with van der Waals surface area (Å²) in [5.74, 6) is 0.480. The van der Waals surface area contributed by atoms with E-state index in [-0.39, 0.29) is 11.9 Å². The second-order valence-electron chi connectivity index (χ2n) is 3.56. The minimum Gasteiger partial charge on any atom is -0.349 e. The lowest BCUT2D eigenvalue weighted by molar-refractivity contribution is 0.0935. The lowest BCUT2D eigenvalue weighted by Crippen LogP contribution is -2.34. The van der Waals surface area contributed by atoms with E-state index in [1.54, 1.807) is 24.3 Å². The van der Waals surface area contributed by atoms with Crippen molar-refractivity contribution in [3.63, 3.8) is 0 Å². The van der Waals surface area contributed by atoms with Crippen LogP contribution >= 0.6 is 23.2 Å². The monoisotopic (exact) mass is 259 g/mol. The number of alkyl halides is 1. The molecular weight excluding hydrogens is 245 g/mol. The fourth-order valence-electron chi connectivity index (χ4n) is 1.38. The molecule has 0 aliphatic carbocycles. The Morgan fingerprint density at radius 1 is 1.38 bits per heavy atom. The average molecular weight is 260 g/mol. The van der Waals surface area contributed by atoms with E-state index in [2.05, 4.69) is 5.32 Å². The highest BCUT2D eigenvalue weighted by Gasteiger charge is 2.11. The van der Waals surface area contributed by atoms with Crippen molar-refractivity contribution in [2.75, 3.05) is 5.88 Å². The van der Waals surface area contributed by atoms with E-state index in [0.717, 1.165) is 12.8 Å². The quantitative estimate of drug-likeness (QED) is 0.807. The predicted octanol–water partition coefficient (Wildman–Crippen LogP) is 3.48. The summed E-state index contributed by atoms with van der Waals surface area (Å²) in [6, 6.07) is 6.98. The SMILES string of the molecule is CCC(CCCl)NC(=O)c1ccc(Cl)cc1. The van der Waals surface area contributed by atoms with E-state index in [9.17, 15) is 4.79 Å². The van der Waals surface area contributed by atoms with E-state index in [4.69, 9.17) is 23.2 Å². The molecular formula is C12H15Cl2NO. The zero-order valence-corrected chi connectivity index (χ0v) is 10.7. The van der Waals surface area contributed by atoms with Gasteiger partial charge in [0, 0.05) is 22.5 Å². The minimum atomic E-state index is -0.0753. The Morgan fingerprint density at radius 3 is 2.50 bits per heavy atom. The van der Waals surface area contributed by atoms with Gasteiger partial charge in [-0.25, -0.2) is 0 Å². The van der Waals surface area contributed by atoms with Crippen LogP contribution in [0.1, 0.15) is 30.1 Å². The van der Waals surface area contributed by atoms with Gasteiger partial charge in [-0.3, -0.25) is 4.79 Å². The summed E-state index contributed by atoms with van der Waals surface area (Å²) in [5.41, 5.74) is 0.623. The lowest BCUT2D eigenvalue weighted by Gasteiger charge is -2.15. The molecule has 4 heteroatoms. The third kappa shape index (κ3) is 4.03. The number of rotatable bonds is 5. The molecule has 1 rings (SSSR count). The van der Waals surface area contributed by atoms with Crippen LogP contribution in [0.5, 0.6) is 0 Å². The number of amides is 1. The Kier molecular flexibility index (Phi) is 5.64. The Hall–Kier alpha value is -0.730. The normalized spacial score (nSPS) is 12.2. The molecule has 0 fully saturated rings. The van der Waals surface area contributed by atoms with Crippen LogP contribution in [-0.2, 0) is 0 Å². The third-order valence-electron chi connectivity index (χ3n) is 2.39. The van der Waals surface area contributed by atoms with Gasteiger partial charge in [0.1, 0.15) is 0 Å². The van der Waals surface area contributed by atoms with Gasteiger partial charge in [-0.1, -0.05) is 18.5 Å². The summed E-state index contributed by atoms with van der Waals surface area (Å²) in [6.45, 7) is 2.03. The van der Waals surface area contributed by atoms with Gasteiger partial charge >= 0.3 is 0 Å². The van der Waals surface area contributed by atoms with E-state index >= 15 is 0 Å². The maximum Gasteiger partial charge on any atom is 0.251 e. The summed E-state index contributed by atoms with van der Waals surface area (Å²) >= 11 is 11.4. The molecule has 0 aliphatic rings. The predicted molar refractivity (Wildman–Crippen MR) is 68.3 cm³/mol. The molecule has 0 radical (unpaired) electrons. The van der Waals surface area contributed by atoms with Crippen LogP contribution in [0.3, 0.4) is 0 Å². The van der Waals surface area contributed by atoms with Crippen LogP contribution in [0.2, 0.25) is 5.02 Å².